The van der Waals surface area contributed by atoms with Gasteiger partial charge in [0.25, 0.3) is 5.56 Å². The van der Waals surface area contributed by atoms with E-state index in [0.29, 0.717) is 45.7 Å². The van der Waals surface area contributed by atoms with E-state index < -0.39 is 5.60 Å². The van der Waals surface area contributed by atoms with E-state index in [2.05, 4.69) is 10.1 Å². The average molecular weight is 386 g/mol. The highest BCUT2D eigenvalue weighted by Crippen LogP contribution is 2.33. The molecule has 2 aliphatic heterocycles. The number of hydrogen-bond donors (Lipinski definition) is 1. The highest BCUT2D eigenvalue weighted by molar-refractivity contribution is 5.76. The first-order valence-electron chi connectivity index (χ1n) is 9.81. The molecule has 2 aromatic rings. The third-order valence-corrected chi connectivity index (χ3v) is 5.47. The number of amides is 1. The summed E-state index contributed by atoms with van der Waals surface area (Å²) >= 11 is 0. The number of aromatic nitrogens is 3. The van der Waals surface area contributed by atoms with Crippen LogP contribution in [0.1, 0.15) is 25.0 Å². The number of ether oxygens (including phenoxy) is 2. The van der Waals surface area contributed by atoms with Gasteiger partial charge in [0.05, 0.1) is 32.4 Å². The fraction of sp³-hybridized carbons (Fsp3) is 0.550. The van der Waals surface area contributed by atoms with Crippen LogP contribution in [0.3, 0.4) is 0 Å². The Morgan fingerprint density at radius 2 is 2.29 bits per heavy atom. The van der Waals surface area contributed by atoms with Gasteiger partial charge in [0.1, 0.15) is 5.60 Å². The molecule has 0 saturated carbocycles. The van der Waals surface area contributed by atoms with E-state index in [1.54, 1.807) is 12.3 Å². The zero-order valence-electron chi connectivity index (χ0n) is 15.9. The van der Waals surface area contributed by atoms with E-state index in [0.717, 1.165) is 18.5 Å². The highest BCUT2D eigenvalue weighted by atomic mass is 16.6. The summed E-state index contributed by atoms with van der Waals surface area (Å²) in [4.78, 5) is 29.7. The van der Waals surface area contributed by atoms with E-state index in [4.69, 9.17) is 9.47 Å². The van der Waals surface area contributed by atoms with E-state index in [9.17, 15) is 9.59 Å². The summed E-state index contributed by atoms with van der Waals surface area (Å²) < 4.78 is 13.5. The second-order valence-corrected chi connectivity index (χ2v) is 7.57. The molecule has 2 aliphatic rings. The van der Waals surface area contributed by atoms with E-state index in [1.807, 2.05) is 23.2 Å². The molecule has 1 unspecified atom stereocenters. The van der Waals surface area contributed by atoms with Gasteiger partial charge in [-0.05, 0) is 37.5 Å². The van der Waals surface area contributed by atoms with Crippen molar-refractivity contribution in [2.75, 3.05) is 26.3 Å². The Hall–Kier alpha value is -2.45. The van der Waals surface area contributed by atoms with Crippen molar-refractivity contribution in [3.8, 4) is 0 Å². The van der Waals surface area contributed by atoms with Gasteiger partial charge in [0.2, 0.25) is 5.91 Å². The van der Waals surface area contributed by atoms with Crippen LogP contribution in [0.5, 0.6) is 0 Å². The van der Waals surface area contributed by atoms with Crippen molar-refractivity contribution >= 4 is 5.91 Å². The Kier molecular flexibility index (Phi) is 5.59. The number of aryl methyl sites for hydroxylation is 1. The van der Waals surface area contributed by atoms with Gasteiger partial charge in [-0.15, -0.1) is 0 Å². The van der Waals surface area contributed by atoms with Crippen LogP contribution in [0.2, 0.25) is 0 Å². The summed E-state index contributed by atoms with van der Waals surface area (Å²) in [7, 11) is 0. The molecule has 1 amide bonds. The lowest BCUT2D eigenvalue weighted by Gasteiger charge is -2.32. The molecule has 2 atom stereocenters. The Labute approximate surface area is 163 Å². The molecule has 1 spiro atoms. The topological polar surface area (TPSA) is 89.5 Å². The summed E-state index contributed by atoms with van der Waals surface area (Å²) in [5.41, 5.74) is 0.430. The van der Waals surface area contributed by atoms with Crippen LogP contribution in [-0.2, 0) is 27.2 Å². The Bertz CT molecular complexity index is 850. The molecule has 4 rings (SSSR count). The number of carbonyl (C=O) groups is 1. The van der Waals surface area contributed by atoms with Crippen molar-refractivity contribution in [2.45, 2.75) is 43.9 Å². The number of nitrogens with one attached hydrogen (secondary N) is 1. The van der Waals surface area contributed by atoms with Gasteiger partial charge >= 0.3 is 0 Å². The molecule has 0 bridgehead atoms. The van der Waals surface area contributed by atoms with Gasteiger partial charge in [-0.2, -0.15) is 5.10 Å². The maximum absolute atomic E-state index is 12.7. The Morgan fingerprint density at radius 1 is 1.36 bits per heavy atom. The Balaban J connectivity index is 1.37. The zero-order chi connectivity index (χ0) is 19.4. The summed E-state index contributed by atoms with van der Waals surface area (Å²) in [6, 6.07) is 7.06. The molecule has 2 aromatic heterocycles. The number of H-pyrrole nitrogens is 1. The molecule has 0 aromatic carbocycles. The van der Waals surface area contributed by atoms with Gasteiger partial charge in [0, 0.05) is 37.1 Å². The minimum absolute atomic E-state index is 0.106. The summed E-state index contributed by atoms with van der Waals surface area (Å²) in [5, 5.41) is 4.11. The second kappa shape index (κ2) is 8.28. The van der Waals surface area contributed by atoms with Crippen LogP contribution in [0.15, 0.2) is 41.5 Å². The largest absolute Gasteiger partial charge is 0.377 e. The second-order valence-electron chi connectivity index (χ2n) is 7.57. The first-order chi connectivity index (χ1) is 13.6. The molecular formula is C20H26N4O4. The van der Waals surface area contributed by atoms with Crippen molar-refractivity contribution in [3.63, 3.8) is 0 Å². The average Bonchev–Trinajstić information content (AvgIpc) is 3.29. The molecule has 1 N–H and O–H groups in total. The fourth-order valence-corrected chi connectivity index (χ4v) is 4.00. The van der Waals surface area contributed by atoms with Gasteiger partial charge in [-0.25, -0.2) is 4.68 Å². The van der Waals surface area contributed by atoms with Crippen LogP contribution in [0.4, 0.5) is 0 Å². The van der Waals surface area contributed by atoms with Crippen molar-refractivity contribution in [2.24, 2.45) is 0 Å². The minimum Gasteiger partial charge on any atom is -0.377 e. The van der Waals surface area contributed by atoms with Gasteiger partial charge < -0.3 is 19.4 Å². The van der Waals surface area contributed by atoms with Gasteiger partial charge in [0.15, 0.2) is 0 Å². The smallest absolute Gasteiger partial charge is 0.266 e. The quantitative estimate of drug-likeness (QED) is 0.827. The fourth-order valence-electron chi connectivity index (χ4n) is 4.00. The molecule has 8 nitrogen and oxygen atoms in total. The third kappa shape index (κ3) is 4.34. The van der Waals surface area contributed by atoms with E-state index >= 15 is 0 Å². The number of aromatic amines is 1. The Morgan fingerprint density at radius 3 is 3.11 bits per heavy atom. The monoisotopic (exact) mass is 386 g/mol. The first-order valence-corrected chi connectivity index (χ1v) is 9.81. The first kappa shape index (κ1) is 18.9. The molecule has 2 saturated heterocycles. The molecule has 28 heavy (non-hydrogen) atoms. The number of nitrogens with zero attached hydrogens (tertiary/aromatic N) is 3. The van der Waals surface area contributed by atoms with Crippen LogP contribution < -0.4 is 5.56 Å². The van der Waals surface area contributed by atoms with Crippen molar-refractivity contribution < 1.29 is 14.3 Å². The summed E-state index contributed by atoms with van der Waals surface area (Å²) in [6.07, 6.45) is 6.15. The van der Waals surface area contributed by atoms with Gasteiger partial charge in [-0.1, -0.05) is 0 Å². The van der Waals surface area contributed by atoms with E-state index in [-0.39, 0.29) is 17.6 Å². The minimum atomic E-state index is -0.498. The molecule has 0 radical (unpaired) electrons. The standard InChI is InChI=1S/C20H26N4O4/c25-18(6-5-16-3-1-9-21-16)23-11-12-27-15-20(14-23)8-7-17(28-20)13-24-19(26)4-2-10-22-24/h1-4,9-10,17,21H,5-8,11-15H2/t17?,20-/m0/s1. The normalized spacial score (nSPS) is 25.1. The lowest BCUT2D eigenvalue weighted by atomic mass is 10.00. The maximum Gasteiger partial charge on any atom is 0.266 e. The lowest BCUT2D eigenvalue weighted by molar-refractivity contribution is -0.136. The third-order valence-electron chi connectivity index (χ3n) is 5.47. The molecular weight excluding hydrogens is 360 g/mol. The summed E-state index contributed by atoms with van der Waals surface area (Å²) in [6.45, 7) is 2.52. The van der Waals surface area contributed by atoms with Crippen molar-refractivity contribution in [1.82, 2.24) is 19.7 Å². The molecule has 0 aliphatic carbocycles. The number of rotatable bonds is 5. The van der Waals surface area contributed by atoms with E-state index in [1.165, 1.54) is 10.7 Å². The molecule has 150 valence electrons. The van der Waals surface area contributed by atoms with Crippen molar-refractivity contribution in [3.05, 3.63) is 52.7 Å². The molecule has 4 heterocycles. The number of carbonyl (C=O) groups excluding carboxylic acids is 1. The predicted molar refractivity (Wildman–Crippen MR) is 102 cm³/mol. The predicted octanol–water partition coefficient (Wildman–Crippen LogP) is 0.981. The van der Waals surface area contributed by atoms with Crippen LogP contribution in [-0.4, -0.2) is 63.6 Å². The zero-order valence-corrected chi connectivity index (χ0v) is 15.9. The maximum atomic E-state index is 12.7. The van der Waals surface area contributed by atoms with Crippen LogP contribution >= 0.6 is 0 Å². The lowest BCUT2D eigenvalue weighted by Crippen LogP contribution is -2.47. The van der Waals surface area contributed by atoms with Crippen LogP contribution in [0, 0.1) is 0 Å². The van der Waals surface area contributed by atoms with Crippen LogP contribution in [0.25, 0.3) is 0 Å². The van der Waals surface area contributed by atoms with Crippen molar-refractivity contribution in [1.29, 1.82) is 0 Å². The highest BCUT2D eigenvalue weighted by Gasteiger charge is 2.44. The summed E-state index contributed by atoms with van der Waals surface area (Å²) in [5.74, 6) is 0.118. The molecule has 8 heteroatoms. The molecule has 2 fully saturated rings. The number of hydrogen-bond acceptors (Lipinski definition) is 5. The SMILES string of the molecule is O=C(CCc1ccc[nH]1)N1CCOC[C@]2(CCC(Cn3ncccc3=O)O2)C1. The van der Waals surface area contributed by atoms with Gasteiger partial charge in [-0.3, -0.25) is 9.59 Å².